The molecular formula is C23H31ClN2O3S. The van der Waals surface area contributed by atoms with Gasteiger partial charge in [-0.1, -0.05) is 62.2 Å². The van der Waals surface area contributed by atoms with Crippen molar-refractivity contribution in [3.05, 3.63) is 63.7 Å². The van der Waals surface area contributed by atoms with Crippen LogP contribution in [0.2, 0.25) is 5.02 Å². The molecule has 0 aliphatic carbocycles. The summed E-state index contributed by atoms with van der Waals surface area (Å²) in [7, 11) is -3.90. The molecule has 2 aromatic carbocycles. The van der Waals surface area contributed by atoms with Crippen molar-refractivity contribution in [2.45, 2.75) is 53.0 Å². The topological polar surface area (TPSA) is 66.5 Å². The van der Waals surface area contributed by atoms with E-state index in [0.29, 0.717) is 22.7 Å². The van der Waals surface area contributed by atoms with Gasteiger partial charge in [-0.05, 0) is 55.0 Å². The average molecular weight is 451 g/mol. The average Bonchev–Trinajstić information content (AvgIpc) is 2.59. The van der Waals surface area contributed by atoms with Gasteiger partial charge in [0.15, 0.2) is 0 Å². The monoisotopic (exact) mass is 450 g/mol. The van der Waals surface area contributed by atoms with Gasteiger partial charge in [0, 0.05) is 18.1 Å². The minimum atomic E-state index is -3.90. The molecule has 2 aromatic rings. The quantitative estimate of drug-likeness (QED) is 0.669. The zero-order chi connectivity index (χ0) is 22.7. The number of rotatable bonds is 7. The van der Waals surface area contributed by atoms with Crippen LogP contribution < -0.4 is 5.32 Å². The van der Waals surface area contributed by atoms with Gasteiger partial charge in [0.2, 0.25) is 15.9 Å². The molecule has 164 valence electrons. The molecule has 0 atom stereocenters. The SMILES string of the molecule is Cc1cc(C)c(S(=O)(=O)N(CC(=O)NCC(C)(C)C)Cc2ccc(Cl)cc2)c(C)c1. The molecule has 5 nitrogen and oxygen atoms in total. The van der Waals surface area contributed by atoms with Crippen LogP contribution in [0.5, 0.6) is 0 Å². The minimum absolute atomic E-state index is 0.0786. The maximum absolute atomic E-state index is 13.6. The summed E-state index contributed by atoms with van der Waals surface area (Å²) in [5.41, 5.74) is 3.00. The van der Waals surface area contributed by atoms with Crippen molar-refractivity contribution >= 4 is 27.5 Å². The van der Waals surface area contributed by atoms with Gasteiger partial charge in [-0.25, -0.2) is 8.42 Å². The number of amides is 1. The Hall–Kier alpha value is -1.89. The van der Waals surface area contributed by atoms with Gasteiger partial charge in [-0.3, -0.25) is 4.79 Å². The first-order chi connectivity index (χ1) is 13.8. The summed E-state index contributed by atoms with van der Waals surface area (Å²) < 4.78 is 28.5. The zero-order valence-electron chi connectivity index (χ0n) is 18.5. The van der Waals surface area contributed by atoms with Gasteiger partial charge in [0.05, 0.1) is 11.4 Å². The zero-order valence-corrected chi connectivity index (χ0v) is 20.1. The third kappa shape index (κ3) is 6.56. The van der Waals surface area contributed by atoms with Crippen molar-refractivity contribution in [2.75, 3.05) is 13.1 Å². The number of carbonyl (C=O) groups is 1. The van der Waals surface area contributed by atoms with Crippen molar-refractivity contribution < 1.29 is 13.2 Å². The van der Waals surface area contributed by atoms with E-state index >= 15 is 0 Å². The highest BCUT2D eigenvalue weighted by Gasteiger charge is 2.30. The number of halogens is 1. The number of carbonyl (C=O) groups excluding carboxylic acids is 1. The molecule has 0 aliphatic rings. The Morgan fingerprint density at radius 2 is 1.57 bits per heavy atom. The predicted octanol–water partition coefficient (Wildman–Crippen LogP) is 4.62. The Kier molecular flexibility index (Phi) is 7.72. The molecular weight excluding hydrogens is 420 g/mol. The van der Waals surface area contributed by atoms with E-state index in [0.717, 1.165) is 11.1 Å². The molecule has 2 rings (SSSR count). The lowest BCUT2D eigenvalue weighted by Crippen LogP contribution is -2.42. The van der Waals surface area contributed by atoms with Crippen LogP contribution in [0, 0.1) is 26.2 Å². The number of nitrogens with zero attached hydrogens (tertiary/aromatic N) is 1. The van der Waals surface area contributed by atoms with Gasteiger partial charge in [0.25, 0.3) is 0 Å². The summed E-state index contributed by atoms with van der Waals surface area (Å²) in [4.78, 5) is 12.9. The van der Waals surface area contributed by atoms with E-state index in [9.17, 15) is 13.2 Å². The largest absolute Gasteiger partial charge is 0.354 e. The number of benzene rings is 2. The first-order valence-electron chi connectivity index (χ1n) is 9.89. The molecule has 0 radical (unpaired) electrons. The van der Waals surface area contributed by atoms with Gasteiger partial charge in [0.1, 0.15) is 0 Å². The van der Waals surface area contributed by atoms with Crippen LogP contribution in [-0.2, 0) is 21.4 Å². The van der Waals surface area contributed by atoms with Crippen molar-refractivity contribution in [3.8, 4) is 0 Å². The highest BCUT2D eigenvalue weighted by molar-refractivity contribution is 7.89. The van der Waals surface area contributed by atoms with Crippen LogP contribution in [0.3, 0.4) is 0 Å². The fraction of sp³-hybridized carbons (Fsp3) is 0.435. The van der Waals surface area contributed by atoms with Gasteiger partial charge >= 0.3 is 0 Å². The molecule has 0 aliphatic heterocycles. The summed E-state index contributed by atoms with van der Waals surface area (Å²) in [6.45, 7) is 11.8. The van der Waals surface area contributed by atoms with E-state index in [1.807, 2.05) is 39.8 Å². The van der Waals surface area contributed by atoms with Crippen LogP contribution in [0.15, 0.2) is 41.3 Å². The van der Waals surface area contributed by atoms with E-state index in [1.165, 1.54) is 4.31 Å². The molecule has 30 heavy (non-hydrogen) atoms. The van der Waals surface area contributed by atoms with E-state index in [4.69, 9.17) is 11.6 Å². The Morgan fingerprint density at radius 1 is 1.03 bits per heavy atom. The van der Waals surface area contributed by atoms with Crippen LogP contribution in [-0.4, -0.2) is 31.7 Å². The number of sulfonamides is 1. The smallest absolute Gasteiger partial charge is 0.244 e. The maximum Gasteiger partial charge on any atom is 0.244 e. The lowest BCUT2D eigenvalue weighted by molar-refractivity contribution is -0.121. The molecule has 0 heterocycles. The molecule has 0 saturated heterocycles. The molecule has 0 unspecified atom stereocenters. The second-order valence-corrected chi connectivity index (χ2v) is 11.3. The number of hydrogen-bond acceptors (Lipinski definition) is 3. The fourth-order valence-electron chi connectivity index (χ4n) is 3.30. The van der Waals surface area contributed by atoms with Crippen LogP contribution >= 0.6 is 11.6 Å². The van der Waals surface area contributed by atoms with Gasteiger partial charge in [-0.15, -0.1) is 0 Å². The van der Waals surface area contributed by atoms with Crippen molar-refractivity contribution in [1.82, 2.24) is 9.62 Å². The van der Waals surface area contributed by atoms with E-state index in [1.54, 1.807) is 38.1 Å². The molecule has 1 amide bonds. The Balaban J connectivity index is 2.41. The Bertz CT molecular complexity index is 987. The minimum Gasteiger partial charge on any atom is -0.354 e. The highest BCUT2D eigenvalue weighted by Crippen LogP contribution is 2.26. The Labute approximate surface area is 185 Å². The van der Waals surface area contributed by atoms with Crippen molar-refractivity contribution in [1.29, 1.82) is 0 Å². The first kappa shape index (κ1) is 24.4. The number of aryl methyl sites for hydroxylation is 3. The number of nitrogens with one attached hydrogen (secondary N) is 1. The molecule has 0 bridgehead atoms. The van der Waals surface area contributed by atoms with E-state index in [2.05, 4.69) is 5.32 Å². The third-order valence-corrected chi connectivity index (χ3v) is 6.96. The van der Waals surface area contributed by atoms with Crippen molar-refractivity contribution in [3.63, 3.8) is 0 Å². The molecule has 7 heteroatoms. The standard InChI is InChI=1S/C23H31ClN2O3S/c1-16-11-17(2)22(18(3)12-16)30(28,29)26(13-19-7-9-20(24)10-8-19)14-21(27)25-15-23(4,5)6/h7-12H,13-15H2,1-6H3,(H,25,27). The van der Waals surface area contributed by atoms with E-state index in [-0.39, 0.29) is 29.3 Å². The molecule has 0 aromatic heterocycles. The maximum atomic E-state index is 13.6. The first-order valence-corrected chi connectivity index (χ1v) is 11.7. The van der Waals surface area contributed by atoms with Crippen LogP contribution in [0.25, 0.3) is 0 Å². The normalized spacial score (nSPS) is 12.3. The lowest BCUT2D eigenvalue weighted by Gasteiger charge is -2.25. The van der Waals surface area contributed by atoms with Gasteiger partial charge < -0.3 is 5.32 Å². The van der Waals surface area contributed by atoms with Crippen LogP contribution in [0.4, 0.5) is 0 Å². The number of hydrogen-bond donors (Lipinski definition) is 1. The van der Waals surface area contributed by atoms with Crippen molar-refractivity contribution in [2.24, 2.45) is 5.41 Å². The fourth-order valence-corrected chi connectivity index (χ4v) is 5.22. The molecule has 0 spiro atoms. The van der Waals surface area contributed by atoms with Gasteiger partial charge in [-0.2, -0.15) is 4.31 Å². The lowest BCUT2D eigenvalue weighted by atomic mass is 9.97. The highest BCUT2D eigenvalue weighted by atomic mass is 35.5. The summed E-state index contributed by atoms with van der Waals surface area (Å²) >= 11 is 5.96. The third-order valence-electron chi connectivity index (χ3n) is 4.61. The molecule has 0 saturated carbocycles. The summed E-state index contributed by atoms with van der Waals surface area (Å²) in [6, 6.07) is 10.7. The summed E-state index contributed by atoms with van der Waals surface area (Å²) in [5.74, 6) is -0.329. The molecule has 0 fully saturated rings. The van der Waals surface area contributed by atoms with Crippen LogP contribution in [0.1, 0.15) is 43.0 Å². The second kappa shape index (κ2) is 9.50. The van der Waals surface area contributed by atoms with E-state index < -0.39 is 10.0 Å². The molecule has 1 N–H and O–H groups in total. The Morgan fingerprint density at radius 3 is 2.07 bits per heavy atom. The summed E-state index contributed by atoms with van der Waals surface area (Å²) in [5, 5.41) is 3.41. The second-order valence-electron chi connectivity index (χ2n) is 8.96. The summed E-state index contributed by atoms with van der Waals surface area (Å²) in [6.07, 6.45) is 0. The predicted molar refractivity (Wildman–Crippen MR) is 122 cm³/mol.